The first kappa shape index (κ1) is 19.0. The smallest absolute Gasteiger partial charge is 0.119 e. The van der Waals surface area contributed by atoms with Crippen molar-refractivity contribution in [2.24, 2.45) is 0 Å². The second-order valence-corrected chi connectivity index (χ2v) is 5.82. The first-order valence-corrected chi connectivity index (χ1v) is 8.88. The molecule has 0 spiro atoms. The Hall–Kier alpha value is -2.81. The Balaban J connectivity index is 1.42. The molecular formula is C22H22FNO3. The Bertz CT molecular complexity index is 893. The topological polar surface area (TPSA) is 43.5 Å². The van der Waals surface area contributed by atoms with Gasteiger partial charge in [-0.1, -0.05) is 11.8 Å². The summed E-state index contributed by atoms with van der Waals surface area (Å²) in [6.07, 6.45) is 1.92. The van der Waals surface area contributed by atoms with Crippen LogP contribution in [0.25, 0.3) is 10.9 Å². The van der Waals surface area contributed by atoms with Gasteiger partial charge < -0.3 is 19.2 Å². The summed E-state index contributed by atoms with van der Waals surface area (Å²) in [5, 5.41) is 1.15. The molecule has 1 aromatic heterocycles. The summed E-state index contributed by atoms with van der Waals surface area (Å²) >= 11 is 0. The predicted molar refractivity (Wildman–Crippen MR) is 104 cm³/mol. The molecule has 1 heterocycles. The van der Waals surface area contributed by atoms with Crippen LogP contribution in [0.4, 0.5) is 4.39 Å². The molecule has 0 amide bonds. The molecule has 2 aromatic carbocycles. The van der Waals surface area contributed by atoms with Crippen molar-refractivity contribution in [3.63, 3.8) is 0 Å². The minimum absolute atomic E-state index is 0.121. The highest BCUT2D eigenvalue weighted by Crippen LogP contribution is 2.14. The predicted octanol–water partition coefficient (Wildman–Crippen LogP) is 3.95. The van der Waals surface area contributed by atoms with Gasteiger partial charge >= 0.3 is 0 Å². The molecule has 4 nitrogen and oxygen atoms in total. The van der Waals surface area contributed by atoms with Crippen LogP contribution in [0.1, 0.15) is 11.1 Å². The summed E-state index contributed by atoms with van der Waals surface area (Å²) in [5.41, 5.74) is 3.02. The van der Waals surface area contributed by atoms with E-state index in [-0.39, 0.29) is 6.61 Å². The zero-order valence-corrected chi connectivity index (χ0v) is 15.0. The van der Waals surface area contributed by atoms with E-state index in [2.05, 4.69) is 22.9 Å². The van der Waals surface area contributed by atoms with Crippen LogP contribution < -0.4 is 4.74 Å². The minimum Gasteiger partial charge on any atom is -0.491 e. The Kier molecular flexibility index (Phi) is 7.28. The lowest BCUT2D eigenvalue weighted by molar-refractivity contribution is 0.0325. The molecule has 0 aliphatic carbocycles. The van der Waals surface area contributed by atoms with Gasteiger partial charge in [0.2, 0.25) is 0 Å². The van der Waals surface area contributed by atoms with Crippen molar-refractivity contribution in [3.05, 3.63) is 65.9 Å². The van der Waals surface area contributed by atoms with E-state index < -0.39 is 6.67 Å². The number of nitrogens with one attached hydrogen (secondary N) is 1. The van der Waals surface area contributed by atoms with Crippen molar-refractivity contribution in [3.8, 4) is 17.6 Å². The van der Waals surface area contributed by atoms with Gasteiger partial charge in [-0.25, -0.2) is 4.39 Å². The molecule has 0 unspecified atom stereocenters. The van der Waals surface area contributed by atoms with Crippen molar-refractivity contribution in [1.82, 2.24) is 4.98 Å². The van der Waals surface area contributed by atoms with Gasteiger partial charge in [-0.15, -0.1) is 0 Å². The maximum Gasteiger partial charge on any atom is 0.119 e. The SMILES string of the molecule is FCCOCCOCCOc1ccc(C#Cc2ccc3[nH]ccc3c2)cc1. The summed E-state index contributed by atoms with van der Waals surface area (Å²) < 4.78 is 27.8. The minimum atomic E-state index is -0.467. The second kappa shape index (κ2) is 10.4. The molecule has 5 heteroatoms. The number of H-pyrrole nitrogens is 1. The third kappa shape index (κ3) is 6.14. The summed E-state index contributed by atoms with van der Waals surface area (Å²) in [6.45, 7) is 1.40. The van der Waals surface area contributed by atoms with E-state index in [1.165, 1.54) is 0 Å². The van der Waals surface area contributed by atoms with Crippen LogP contribution in [0.15, 0.2) is 54.7 Å². The molecule has 0 aliphatic rings. The van der Waals surface area contributed by atoms with Crippen LogP contribution in [0, 0.1) is 11.8 Å². The molecule has 3 aromatic rings. The third-order valence-corrected chi connectivity index (χ3v) is 3.85. The van der Waals surface area contributed by atoms with E-state index in [4.69, 9.17) is 14.2 Å². The van der Waals surface area contributed by atoms with Gasteiger partial charge in [0.1, 0.15) is 19.0 Å². The molecule has 1 N–H and O–H groups in total. The normalized spacial score (nSPS) is 10.6. The second-order valence-electron chi connectivity index (χ2n) is 5.82. The van der Waals surface area contributed by atoms with Gasteiger partial charge in [0.05, 0.1) is 26.4 Å². The molecule has 0 saturated carbocycles. The number of benzene rings is 2. The van der Waals surface area contributed by atoms with Crippen LogP contribution in [0.3, 0.4) is 0 Å². The molecule has 140 valence electrons. The van der Waals surface area contributed by atoms with Crippen molar-refractivity contribution in [1.29, 1.82) is 0 Å². The first-order chi connectivity index (χ1) is 13.3. The van der Waals surface area contributed by atoms with Crippen LogP contribution in [0.5, 0.6) is 5.75 Å². The summed E-state index contributed by atoms with van der Waals surface area (Å²) in [6, 6.07) is 15.8. The Morgan fingerprint density at radius 2 is 1.48 bits per heavy atom. The number of alkyl halides is 1. The number of hydrogen-bond donors (Lipinski definition) is 1. The highest BCUT2D eigenvalue weighted by atomic mass is 19.1. The quantitative estimate of drug-likeness (QED) is 0.460. The average Bonchev–Trinajstić information content (AvgIpc) is 3.17. The number of aromatic nitrogens is 1. The third-order valence-electron chi connectivity index (χ3n) is 3.85. The Morgan fingerprint density at radius 3 is 2.30 bits per heavy atom. The molecule has 0 fully saturated rings. The fourth-order valence-corrected chi connectivity index (χ4v) is 2.50. The zero-order valence-electron chi connectivity index (χ0n) is 15.0. The van der Waals surface area contributed by atoms with Gasteiger partial charge in [-0.05, 0) is 48.5 Å². The largest absolute Gasteiger partial charge is 0.491 e. The molecule has 0 atom stereocenters. The Morgan fingerprint density at radius 1 is 0.778 bits per heavy atom. The van der Waals surface area contributed by atoms with Crippen LogP contribution in [0.2, 0.25) is 0 Å². The summed E-state index contributed by atoms with van der Waals surface area (Å²) in [5.74, 6) is 7.12. The summed E-state index contributed by atoms with van der Waals surface area (Å²) in [4.78, 5) is 3.17. The van der Waals surface area contributed by atoms with E-state index in [0.717, 1.165) is 27.8 Å². The first-order valence-electron chi connectivity index (χ1n) is 8.88. The van der Waals surface area contributed by atoms with Gasteiger partial charge in [0.15, 0.2) is 0 Å². The number of rotatable bonds is 9. The lowest BCUT2D eigenvalue weighted by Crippen LogP contribution is -2.11. The fraction of sp³-hybridized carbons (Fsp3) is 0.273. The molecule has 27 heavy (non-hydrogen) atoms. The van der Waals surface area contributed by atoms with Crippen LogP contribution in [-0.4, -0.2) is 44.7 Å². The molecule has 0 aliphatic heterocycles. The number of hydrogen-bond acceptors (Lipinski definition) is 3. The van der Waals surface area contributed by atoms with E-state index in [1.807, 2.05) is 48.7 Å². The van der Waals surface area contributed by atoms with Crippen LogP contribution >= 0.6 is 0 Å². The van der Waals surface area contributed by atoms with E-state index in [0.29, 0.717) is 26.4 Å². The lowest BCUT2D eigenvalue weighted by Gasteiger charge is -2.07. The van der Waals surface area contributed by atoms with Gasteiger partial charge in [-0.3, -0.25) is 0 Å². The number of ether oxygens (including phenoxy) is 3. The van der Waals surface area contributed by atoms with Crippen molar-refractivity contribution in [2.45, 2.75) is 0 Å². The summed E-state index contributed by atoms with van der Waals surface area (Å²) in [7, 11) is 0. The van der Waals surface area contributed by atoms with Gasteiger partial charge in [0.25, 0.3) is 0 Å². The van der Waals surface area contributed by atoms with Crippen molar-refractivity contribution in [2.75, 3.05) is 39.7 Å². The van der Waals surface area contributed by atoms with Crippen LogP contribution in [-0.2, 0) is 9.47 Å². The lowest BCUT2D eigenvalue weighted by atomic mass is 10.1. The number of halogens is 1. The standard InChI is InChI=1S/C22H22FNO3/c23-10-12-25-13-14-26-15-16-27-21-6-3-18(4-7-21)1-2-19-5-8-22-20(17-19)9-11-24-22/h3-9,11,17,24H,10,12-16H2. The Labute approximate surface area is 158 Å². The molecular weight excluding hydrogens is 345 g/mol. The number of aromatic amines is 1. The molecule has 3 rings (SSSR count). The average molecular weight is 367 g/mol. The maximum atomic E-state index is 11.8. The molecule has 0 bridgehead atoms. The fourth-order valence-electron chi connectivity index (χ4n) is 2.50. The highest BCUT2D eigenvalue weighted by Gasteiger charge is 1.96. The zero-order chi connectivity index (χ0) is 18.7. The molecule has 0 saturated heterocycles. The van der Waals surface area contributed by atoms with Crippen molar-refractivity contribution >= 4 is 10.9 Å². The van der Waals surface area contributed by atoms with Gasteiger partial charge in [0, 0.05) is 28.2 Å². The number of fused-ring (bicyclic) bond motifs is 1. The highest BCUT2D eigenvalue weighted by molar-refractivity contribution is 5.80. The van der Waals surface area contributed by atoms with Crippen molar-refractivity contribution < 1.29 is 18.6 Å². The van der Waals surface area contributed by atoms with Gasteiger partial charge in [-0.2, -0.15) is 0 Å². The van der Waals surface area contributed by atoms with E-state index >= 15 is 0 Å². The maximum absolute atomic E-state index is 11.8. The van der Waals surface area contributed by atoms with E-state index in [1.54, 1.807) is 0 Å². The molecule has 0 radical (unpaired) electrons. The van der Waals surface area contributed by atoms with E-state index in [9.17, 15) is 4.39 Å². The monoisotopic (exact) mass is 367 g/mol.